The molecule has 2 rings (SSSR count). The number of nitrogens with one attached hydrogen (secondary N) is 1. The summed E-state index contributed by atoms with van der Waals surface area (Å²) in [4.78, 5) is 15.4. The van der Waals surface area contributed by atoms with Gasteiger partial charge in [-0.2, -0.15) is 0 Å². The largest absolute Gasteiger partial charge is 0.359 e. The molecule has 84 valence electrons. The molecule has 1 N–H and O–H groups in total. The second-order valence-electron chi connectivity index (χ2n) is 3.65. The summed E-state index contributed by atoms with van der Waals surface area (Å²) >= 11 is 0. The fourth-order valence-corrected chi connectivity index (χ4v) is 1.27. The van der Waals surface area contributed by atoms with Crippen molar-refractivity contribution in [1.82, 2.24) is 15.0 Å². The molecule has 0 atom stereocenters. The molecule has 0 radical (unpaired) electrons. The zero-order valence-electron chi connectivity index (χ0n) is 9.60. The highest BCUT2D eigenvalue weighted by molar-refractivity contribution is 5.53. The Morgan fingerprint density at radius 2 is 1.76 bits per heavy atom. The fraction of sp³-hybridized carbons (Fsp3) is 0.167. The molecule has 0 saturated heterocycles. The van der Waals surface area contributed by atoms with Gasteiger partial charge in [0.1, 0.15) is 5.82 Å². The van der Waals surface area contributed by atoms with E-state index in [-0.39, 0.29) is 5.82 Å². The minimum absolute atomic E-state index is 0.281. The Labute approximate surface area is 99.4 Å². The number of aromatic nitrogens is 3. The summed E-state index contributed by atoms with van der Waals surface area (Å²) in [6.07, 6.45) is 4.75. The second kappa shape index (κ2) is 4.58. The average molecular weight is 225 g/mol. The number of anilines is 2. The highest BCUT2D eigenvalue weighted by atomic mass is 15.1. The molecule has 2 heterocycles. The Kier molecular flexibility index (Phi) is 2.97. The number of nitrogens with zero attached hydrogens (tertiary/aromatic N) is 4. The van der Waals surface area contributed by atoms with Gasteiger partial charge in [0.15, 0.2) is 12.0 Å². The lowest BCUT2D eigenvalue weighted by atomic mass is 10.2. The van der Waals surface area contributed by atoms with Crippen LogP contribution < -0.4 is 5.32 Å². The van der Waals surface area contributed by atoms with E-state index in [1.54, 1.807) is 6.20 Å². The van der Waals surface area contributed by atoms with Crippen molar-refractivity contribution in [2.75, 3.05) is 5.32 Å². The van der Waals surface area contributed by atoms with Crippen LogP contribution in [0, 0.1) is 20.4 Å². The van der Waals surface area contributed by atoms with E-state index in [1.807, 2.05) is 19.9 Å². The Morgan fingerprint density at radius 3 is 2.35 bits per heavy atom. The van der Waals surface area contributed by atoms with Crippen molar-refractivity contribution in [2.45, 2.75) is 13.8 Å². The Hall–Kier alpha value is -2.48. The van der Waals surface area contributed by atoms with E-state index in [4.69, 9.17) is 6.57 Å². The number of hydrogen-bond acceptors (Lipinski definition) is 4. The van der Waals surface area contributed by atoms with Gasteiger partial charge in [-0.15, -0.1) is 4.98 Å². The van der Waals surface area contributed by atoms with Gasteiger partial charge in [0, 0.05) is 6.20 Å². The molecule has 0 saturated carbocycles. The normalized spacial score (nSPS) is 9.71. The van der Waals surface area contributed by atoms with Gasteiger partial charge >= 0.3 is 0 Å². The maximum Gasteiger partial charge on any atom is 0.288 e. The number of hydrogen-bond donors (Lipinski definition) is 1. The van der Waals surface area contributed by atoms with E-state index in [2.05, 4.69) is 25.1 Å². The van der Waals surface area contributed by atoms with E-state index in [0.29, 0.717) is 5.82 Å². The standard InChI is InChI=1S/C12H11N5/c1-8-4-10(14-5-9(8)2)17-12-7-15-11(13-3)6-16-12/h4-7H,1-2H3,(H,14,16,17). The molecule has 0 aliphatic heterocycles. The Balaban J connectivity index is 2.20. The van der Waals surface area contributed by atoms with Crippen LogP contribution in [0.5, 0.6) is 0 Å². The van der Waals surface area contributed by atoms with Crippen molar-refractivity contribution in [2.24, 2.45) is 0 Å². The maximum absolute atomic E-state index is 6.78. The summed E-state index contributed by atoms with van der Waals surface area (Å²) in [5.74, 6) is 1.58. The second-order valence-corrected chi connectivity index (χ2v) is 3.65. The lowest BCUT2D eigenvalue weighted by Gasteiger charge is -2.05. The van der Waals surface area contributed by atoms with Crippen LogP contribution >= 0.6 is 0 Å². The van der Waals surface area contributed by atoms with E-state index in [0.717, 1.165) is 16.9 Å². The van der Waals surface area contributed by atoms with E-state index in [9.17, 15) is 0 Å². The molecule has 5 heteroatoms. The van der Waals surface area contributed by atoms with Gasteiger partial charge < -0.3 is 10.2 Å². The molecule has 0 spiro atoms. The van der Waals surface area contributed by atoms with Gasteiger partial charge in [0.25, 0.3) is 5.82 Å². The van der Waals surface area contributed by atoms with Gasteiger partial charge in [-0.25, -0.2) is 9.97 Å². The molecule has 0 amide bonds. The molecule has 2 aromatic heterocycles. The predicted molar refractivity (Wildman–Crippen MR) is 65.3 cm³/mol. The van der Waals surface area contributed by atoms with Gasteiger partial charge in [0.05, 0.1) is 6.20 Å². The molecule has 17 heavy (non-hydrogen) atoms. The monoisotopic (exact) mass is 225 g/mol. The first-order valence-electron chi connectivity index (χ1n) is 5.09. The predicted octanol–water partition coefficient (Wildman–Crippen LogP) is 2.78. The third-order valence-corrected chi connectivity index (χ3v) is 2.38. The van der Waals surface area contributed by atoms with Gasteiger partial charge in [0.2, 0.25) is 0 Å². The highest BCUT2D eigenvalue weighted by Crippen LogP contribution is 2.15. The van der Waals surface area contributed by atoms with Crippen LogP contribution in [0.3, 0.4) is 0 Å². The van der Waals surface area contributed by atoms with Crippen LogP contribution in [-0.2, 0) is 0 Å². The van der Waals surface area contributed by atoms with Crippen molar-refractivity contribution in [3.63, 3.8) is 0 Å². The number of pyridine rings is 1. The first-order valence-corrected chi connectivity index (χ1v) is 5.09. The van der Waals surface area contributed by atoms with Crippen LogP contribution in [0.1, 0.15) is 11.1 Å². The zero-order chi connectivity index (χ0) is 12.3. The smallest absolute Gasteiger partial charge is 0.288 e. The maximum atomic E-state index is 6.78. The quantitative estimate of drug-likeness (QED) is 0.798. The molecule has 0 fully saturated rings. The third-order valence-electron chi connectivity index (χ3n) is 2.38. The average Bonchev–Trinajstić information content (AvgIpc) is 2.35. The minimum atomic E-state index is 0.281. The van der Waals surface area contributed by atoms with Crippen molar-refractivity contribution in [1.29, 1.82) is 0 Å². The van der Waals surface area contributed by atoms with Gasteiger partial charge in [-0.1, -0.05) is 6.57 Å². The summed E-state index contributed by atoms with van der Waals surface area (Å²) in [7, 11) is 0. The van der Waals surface area contributed by atoms with E-state index < -0.39 is 0 Å². The summed E-state index contributed by atoms with van der Waals surface area (Å²) in [5, 5.41) is 3.04. The topological polar surface area (TPSA) is 55.1 Å². The van der Waals surface area contributed by atoms with Crippen molar-refractivity contribution >= 4 is 17.5 Å². The lowest BCUT2D eigenvalue weighted by molar-refractivity contribution is 1.17. The van der Waals surface area contributed by atoms with Crippen molar-refractivity contribution in [3.8, 4) is 0 Å². The molecule has 5 nitrogen and oxygen atoms in total. The van der Waals surface area contributed by atoms with Crippen LogP contribution in [0.15, 0.2) is 24.7 Å². The minimum Gasteiger partial charge on any atom is -0.359 e. The van der Waals surface area contributed by atoms with Crippen molar-refractivity contribution in [3.05, 3.63) is 47.2 Å². The highest BCUT2D eigenvalue weighted by Gasteiger charge is 2.01. The third kappa shape index (κ3) is 2.55. The molecule has 0 aliphatic rings. The van der Waals surface area contributed by atoms with Crippen LogP contribution in [0.4, 0.5) is 17.5 Å². The summed E-state index contributed by atoms with van der Waals surface area (Å²) in [6.45, 7) is 10.8. The SMILES string of the molecule is [C-]#[N+]c1cnc(Nc2cc(C)c(C)cn2)cn1. The fourth-order valence-electron chi connectivity index (χ4n) is 1.27. The summed E-state index contributed by atoms with van der Waals surface area (Å²) in [5.41, 5.74) is 2.30. The molecule has 0 aliphatic carbocycles. The Bertz CT molecular complexity index is 568. The molecule has 2 aromatic rings. The lowest BCUT2D eigenvalue weighted by Crippen LogP contribution is -1.97. The van der Waals surface area contributed by atoms with Crippen LogP contribution in [-0.4, -0.2) is 15.0 Å². The molecular weight excluding hydrogens is 214 g/mol. The first kappa shape index (κ1) is 11.0. The van der Waals surface area contributed by atoms with Crippen LogP contribution in [0.25, 0.3) is 4.85 Å². The van der Waals surface area contributed by atoms with Crippen LogP contribution in [0.2, 0.25) is 0 Å². The number of aryl methyl sites for hydroxylation is 2. The van der Waals surface area contributed by atoms with E-state index >= 15 is 0 Å². The molecule has 0 bridgehead atoms. The summed E-state index contributed by atoms with van der Waals surface area (Å²) in [6, 6.07) is 1.94. The van der Waals surface area contributed by atoms with E-state index in [1.165, 1.54) is 12.4 Å². The van der Waals surface area contributed by atoms with Gasteiger partial charge in [-0.3, -0.25) is 0 Å². The number of rotatable bonds is 2. The summed E-state index contributed by atoms with van der Waals surface area (Å²) < 4.78 is 0. The van der Waals surface area contributed by atoms with Gasteiger partial charge in [-0.05, 0) is 31.0 Å². The molecular formula is C12H11N5. The zero-order valence-corrected chi connectivity index (χ0v) is 9.60. The molecule has 0 aromatic carbocycles. The molecule has 0 unspecified atom stereocenters. The Morgan fingerprint density at radius 1 is 1.00 bits per heavy atom. The van der Waals surface area contributed by atoms with Crippen molar-refractivity contribution < 1.29 is 0 Å². The first-order chi connectivity index (χ1) is 8.19.